The highest BCUT2D eigenvalue weighted by atomic mass is 35.5. The Morgan fingerprint density at radius 2 is 1.73 bits per heavy atom. The highest BCUT2D eigenvalue weighted by Gasteiger charge is 2.13. The standard InChI is InChI=1S/C13H13ClN.C7H8O3S/c1-3-8-15-10(2)9-12(14)11-6-4-5-7-13(11)15;1-6-2-4-7(5-3-6)11(8,9)10/h3-7,9H,1,8H2,2H3;2-5H,1H3,(H,8,9,10)/q+1;/p-1. The van der Waals surface area contributed by atoms with Crippen molar-refractivity contribution in [2.75, 3.05) is 0 Å². The van der Waals surface area contributed by atoms with Gasteiger partial charge in [0.1, 0.15) is 10.1 Å². The Balaban J connectivity index is 0.000000197. The smallest absolute Gasteiger partial charge is 0.214 e. The maximum Gasteiger partial charge on any atom is 0.214 e. The van der Waals surface area contributed by atoms with E-state index in [-0.39, 0.29) is 4.90 Å². The second-order valence-corrected chi connectivity index (χ2v) is 7.60. The van der Waals surface area contributed by atoms with Gasteiger partial charge in [0.15, 0.2) is 12.2 Å². The number of hydrogen-bond donors (Lipinski definition) is 0. The second kappa shape index (κ2) is 8.45. The van der Waals surface area contributed by atoms with Crippen molar-refractivity contribution in [3.63, 3.8) is 0 Å². The molecular weight excluding hydrogens is 370 g/mol. The average molecular weight is 390 g/mol. The molecule has 6 heteroatoms. The van der Waals surface area contributed by atoms with Gasteiger partial charge in [0.05, 0.1) is 15.3 Å². The maximum atomic E-state index is 10.4. The predicted octanol–water partition coefficient (Wildman–Crippen LogP) is 4.17. The van der Waals surface area contributed by atoms with Gasteiger partial charge in [-0.25, -0.2) is 8.42 Å². The molecular formula is C20H20ClNO3S. The molecule has 1 aromatic heterocycles. The Hall–Kier alpha value is -2.21. The fraction of sp³-hybridized carbons (Fsp3) is 0.150. The summed E-state index contributed by atoms with van der Waals surface area (Å²) in [7, 11) is -4.27. The summed E-state index contributed by atoms with van der Waals surface area (Å²) < 4.78 is 33.4. The lowest BCUT2D eigenvalue weighted by molar-refractivity contribution is -0.667. The minimum atomic E-state index is -4.27. The number of para-hydroxylation sites is 1. The van der Waals surface area contributed by atoms with Crippen molar-refractivity contribution in [1.82, 2.24) is 0 Å². The number of hydrogen-bond acceptors (Lipinski definition) is 3. The third-order valence-corrected chi connectivity index (χ3v) is 5.00. The zero-order valence-electron chi connectivity index (χ0n) is 14.6. The molecule has 0 aliphatic heterocycles. The number of rotatable bonds is 3. The number of aryl methyl sites for hydroxylation is 2. The van der Waals surface area contributed by atoms with Gasteiger partial charge in [-0.1, -0.05) is 48.0 Å². The van der Waals surface area contributed by atoms with E-state index in [1.807, 2.05) is 37.3 Å². The first kappa shape index (κ1) is 20.1. The Bertz CT molecular complexity index is 1030. The summed E-state index contributed by atoms with van der Waals surface area (Å²) in [5.74, 6) is 0. The molecule has 0 saturated heterocycles. The number of halogens is 1. The van der Waals surface area contributed by atoms with Crippen LogP contribution in [0.5, 0.6) is 0 Å². The summed E-state index contributed by atoms with van der Waals surface area (Å²) in [5, 5.41) is 1.90. The van der Waals surface area contributed by atoms with Crippen LogP contribution >= 0.6 is 11.6 Å². The van der Waals surface area contributed by atoms with E-state index in [4.69, 9.17) is 11.6 Å². The van der Waals surface area contributed by atoms with E-state index >= 15 is 0 Å². The highest BCUT2D eigenvalue weighted by Crippen LogP contribution is 2.21. The van der Waals surface area contributed by atoms with Crippen molar-refractivity contribution in [3.8, 4) is 0 Å². The van der Waals surface area contributed by atoms with Crippen LogP contribution in [0.2, 0.25) is 5.02 Å². The van der Waals surface area contributed by atoms with Crippen LogP contribution in [0.25, 0.3) is 10.9 Å². The van der Waals surface area contributed by atoms with E-state index < -0.39 is 10.1 Å². The largest absolute Gasteiger partial charge is 0.744 e. The molecule has 0 N–H and O–H groups in total. The van der Waals surface area contributed by atoms with Gasteiger partial charge in [-0.05, 0) is 31.2 Å². The molecule has 0 bridgehead atoms. The Kier molecular flexibility index (Phi) is 6.53. The maximum absolute atomic E-state index is 10.4. The van der Waals surface area contributed by atoms with Gasteiger partial charge in [0.25, 0.3) is 0 Å². The van der Waals surface area contributed by atoms with Gasteiger partial charge in [-0.15, -0.1) is 0 Å². The molecule has 0 unspecified atom stereocenters. The van der Waals surface area contributed by atoms with E-state index in [2.05, 4.69) is 24.1 Å². The Morgan fingerprint density at radius 1 is 1.12 bits per heavy atom. The predicted molar refractivity (Wildman–Crippen MR) is 103 cm³/mol. The van der Waals surface area contributed by atoms with Crippen molar-refractivity contribution in [3.05, 3.63) is 83.5 Å². The van der Waals surface area contributed by atoms with Gasteiger partial charge in [-0.3, -0.25) is 0 Å². The number of fused-ring (bicyclic) bond motifs is 1. The first-order valence-corrected chi connectivity index (χ1v) is 9.74. The van der Waals surface area contributed by atoms with Crippen LogP contribution in [0.3, 0.4) is 0 Å². The van der Waals surface area contributed by atoms with Crippen LogP contribution < -0.4 is 4.57 Å². The van der Waals surface area contributed by atoms with Crippen LogP contribution in [-0.2, 0) is 16.7 Å². The molecule has 0 atom stereocenters. The molecule has 26 heavy (non-hydrogen) atoms. The lowest BCUT2D eigenvalue weighted by Gasteiger charge is -2.05. The third-order valence-electron chi connectivity index (χ3n) is 3.83. The first-order chi connectivity index (χ1) is 12.2. The number of benzene rings is 2. The summed E-state index contributed by atoms with van der Waals surface area (Å²) in [6, 6.07) is 15.9. The van der Waals surface area contributed by atoms with E-state index in [1.165, 1.54) is 12.1 Å². The topological polar surface area (TPSA) is 61.1 Å². The zero-order chi connectivity index (χ0) is 19.3. The number of allylic oxidation sites excluding steroid dienone is 1. The quantitative estimate of drug-likeness (QED) is 0.383. The Morgan fingerprint density at radius 3 is 2.31 bits per heavy atom. The normalized spacial score (nSPS) is 10.9. The van der Waals surface area contributed by atoms with Gasteiger partial charge >= 0.3 is 0 Å². The third kappa shape index (κ3) is 4.91. The molecule has 136 valence electrons. The fourth-order valence-electron chi connectivity index (χ4n) is 2.52. The second-order valence-electron chi connectivity index (χ2n) is 5.82. The molecule has 0 radical (unpaired) electrons. The Labute approximate surface area is 159 Å². The first-order valence-electron chi connectivity index (χ1n) is 7.95. The molecule has 0 spiro atoms. The number of nitrogens with zero attached hydrogens (tertiary/aromatic N) is 1. The van der Waals surface area contributed by atoms with Crippen LogP contribution in [0, 0.1) is 13.8 Å². The van der Waals surface area contributed by atoms with Crippen molar-refractivity contribution in [2.45, 2.75) is 25.3 Å². The molecule has 3 aromatic rings. The molecule has 0 amide bonds. The monoisotopic (exact) mass is 389 g/mol. The average Bonchev–Trinajstić information content (AvgIpc) is 2.59. The summed E-state index contributed by atoms with van der Waals surface area (Å²) in [6.07, 6.45) is 1.90. The fourth-order valence-corrected chi connectivity index (χ4v) is 3.30. The van der Waals surface area contributed by atoms with Crippen molar-refractivity contribution < 1.29 is 17.5 Å². The van der Waals surface area contributed by atoms with Crippen LogP contribution in [0.15, 0.2) is 72.1 Å². The van der Waals surface area contributed by atoms with E-state index in [9.17, 15) is 13.0 Å². The molecule has 0 fully saturated rings. The minimum Gasteiger partial charge on any atom is -0.744 e. The molecule has 1 heterocycles. The highest BCUT2D eigenvalue weighted by molar-refractivity contribution is 7.85. The van der Waals surface area contributed by atoms with Gasteiger partial charge < -0.3 is 4.55 Å². The number of pyridine rings is 1. The summed E-state index contributed by atoms with van der Waals surface area (Å²) in [4.78, 5) is -0.178. The van der Waals surface area contributed by atoms with Crippen LogP contribution in [0.4, 0.5) is 0 Å². The molecule has 0 aliphatic carbocycles. The SMILES string of the molecule is C=CC[n+]1c(C)cc(Cl)c2ccccc21.Cc1ccc(S(=O)(=O)[O-])cc1. The molecule has 3 rings (SSSR count). The van der Waals surface area contributed by atoms with Crippen LogP contribution in [-0.4, -0.2) is 13.0 Å². The van der Waals surface area contributed by atoms with Gasteiger partial charge in [0, 0.05) is 19.1 Å². The molecule has 2 aromatic carbocycles. The molecule has 0 saturated carbocycles. The van der Waals surface area contributed by atoms with Gasteiger partial charge in [0.2, 0.25) is 5.52 Å². The van der Waals surface area contributed by atoms with Crippen molar-refractivity contribution >= 4 is 32.6 Å². The summed E-state index contributed by atoms with van der Waals surface area (Å²) in [6.45, 7) is 8.46. The summed E-state index contributed by atoms with van der Waals surface area (Å²) in [5.41, 5.74) is 3.23. The van der Waals surface area contributed by atoms with Crippen LogP contribution in [0.1, 0.15) is 11.3 Å². The zero-order valence-corrected chi connectivity index (χ0v) is 16.2. The van der Waals surface area contributed by atoms with E-state index in [0.29, 0.717) is 0 Å². The van der Waals surface area contributed by atoms with Crippen molar-refractivity contribution in [1.29, 1.82) is 0 Å². The van der Waals surface area contributed by atoms with E-state index in [0.717, 1.165) is 33.7 Å². The van der Waals surface area contributed by atoms with E-state index in [1.54, 1.807) is 12.1 Å². The lowest BCUT2D eigenvalue weighted by Crippen LogP contribution is -2.37. The van der Waals surface area contributed by atoms with Gasteiger partial charge in [-0.2, -0.15) is 4.57 Å². The summed E-state index contributed by atoms with van der Waals surface area (Å²) >= 11 is 6.20. The van der Waals surface area contributed by atoms with Crippen molar-refractivity contribution in [2.24, 2.45) is 0 Å². The molecule has 4 nitrogen and oxygen atoms in total. The lowest BCUT2D eigenvalue weighted by atomic mass is 10.2. The minimum absolute atomic E-state index is 0.178. The number of aromatic nitrogens is 1. The molecule has 0 aliphatic rings.